The zero-order valence-electron chi connectivity index (χ0n) is 11.9. The third-order valence-corrected chi connectivity index (χ3v) is 3.43. The first kappa shape index (κ1) is 14.2. The van der Waals surface area contributed by atoms with Crippen molar-refractivity contribution in [2.75, 3.05) is 6.61 Å². The molecule has 2 aromatic carbocycles. The number of Topliss-reactive ketones (excluding diaryl/α,β-unsaturated/α-hetero) is 1. The molecule has 1 amide bonds. The number of ether oxygens (including phenoxy) is 1. The Balaban J connectivity index is 1.88. The number of carbonyl (C=O) groups is 2. The fourth-order valence-electron chi connectivity index (χ4n) is 2.33. The first-order valence-corrected chi connectivity index (χ1v) is 6.82. The highest BCUT2D eigenvalue weighted by molar-refractivity contribution is 6.66. The Bertz CT molecular complexity index is 779. The molecule has 3 rings (SSSR count). The lowest BCUT2D eigenvalue weighted by Crippen LogP contribution is -2.38. The third-order valence-electron chi connectivity index (χ3n) is 3.43. The highest BCUT2D eigenvalue weighted by Gasteiger charge is 2.37. The number of amides is 1. The number of carbonyl (C=O) groups excluding carboxylic acids is 2. The van der Waals surface area contributed by atoms with Crippen molar-refractivity contribution in [3.63, 3.8) is 0 Å². The number of ketones is 1. The Morgan fingerprint density at radius 1 is 1.18 bits per heavy atom. The van der Waals surface area contributed by atoms with E-state index in [4.69, 9.17) is 9.84 Å². The average Bonchev–Trinajstić information content (AvgIpc) is 2.83. The monoisotopic (exact) mass is 298 g/mol. The van der Waals surface area contributed by atoms with Gasteiger partial charge < -0.3 is 9.84 Å². The van der Waals surface area contributed by atoms with Crippen LogP contribution in [0, 0.1) is 0 Å². The molecule has 0 aliphatic carbocycles. The summed E-state index contributed by atoms with van der Waals surface area (Å²) in [5, 5.41) is 15.7. The van der Waals surface area contributed by atoms with E-state index in [9.17, 15) is 9.59 Å². The van der Waals surface area contributed by atoms with Gasteiger partial charge in [-0.05, 0) is 18.4 Å². The van der Waals surface area contributed by atoms with Crippen LogP contribution in [-0.4, -0.2) is 40.4 Å². The predicted molar refractivity (Wildman–Crippen MR) is 80.4 cm³/mol. The maximum Gasteiger partial charge on any atom is 0.319 e. The molecule has 0 fully saturated rings. The fraction of sp³-hybridized carbons (Fsp3) is 0.188. The Morgan fingerprint density at radius 2 is 1.91 bits per heavy atom. The number of benzene rings is 2. The molecule has 112 valence electrons. The Morgan fingerprint density at radius 3 is 2.64 bits per heavy atom. The molecule has 0 saturated carbocycles. The summed E-state index contributed by atoms with van der Waals surface area (Å²) < 4.78 is 5.79. The summed E-state index contributed by atoms with van der Waals surface area (Å²) in [4.78, 5) is 23.4. The number of hydrazone groups is 1. The van der Waals surface area contributed by atoms with Crippen molar-refractivity contribution in [1.29, 1.82) is 0 Å². The van der Waals surface area contributed by atoms with Crippen LogP contribution >= 0.6 is 0 Å². The van der Waals surface area contributed by atoms with E-state index >= 15 is 0 Å². The zero-order valence-corrected chi connectivity index (χ0v) is 11.9. The van der Waals surface area contributed by atoms with Gasteiger partial charge in [0.25, 0.3) is 5.78 Å². The largest absolute Gasteiger partial charge is 0.468 e. The molecule has 1 N–H and O–H groups in total. The van der Waals surface area contributed by atoms with E-state index in [-0.39, 0.29) is 5.71 Å². The van der Waals surface area contributed by atoms with Gasteiger partial charge in [0.15, 0.2) is 6.23 Å². The van der Waals surface area contributed by atoms with Crippen molar-refractivity contribution in [2.45, 2.75) is 13.2 Å². The Hall–Kier alpha value is -2.73. The van der Waals surface area contributed by atoms with E-state index in [0.29, 0.717) is 5.75 Å². The molecule has 0 saturated heterocycles. The van der Waals surface area contributed by atoms with Gasteiger partial charge in [0.1, 0.15) is 11.5 Å². The number of rotatable bonds is 4. The zero-order chi connectivity index (χ0) is 15.7. The van der Waals surface area contributed by atoms with Gasteiger partial charge in [0, 0.05) is 5.39 Å². The number of aliphatic hydroxyl groups excluding tert-OH is 1. The molecule has 1 aliphatic heterocycles. The van der Waals surface area contributed by atoms with Crippen LogP contribution in [0.3, 0.4) is 0 Å². The van der Waals surface area contributed by atoms with Gasteiger partial charge in [-0.25, -0.2) is 0 Å². The van der Waals surface area contributed by atoms with Gasteiger partial charge in [-0.3, -0.25) is 9.59 Å². The minimum atomic E-state index is -0.795. The number of aliphatic hydroxyl groups is 1. The lowest BCUT2D eigenvalue weighted by atomic mass is 10.1. The lowest BCUT2D eigenvalue weighted by molar-refractivity contribution is -0.144. The van der Waals surface area contributed by atoms with Crippen molar-refractivity contribution >= 4 is 28.2 Å². The van der Waals surface area contributed by atoms with E-state index in [0.717, 1.165) is 15.8 Å². The summed E-state index contributed by atoms with van der Waals surface area (Å²) >= 11 is 0. The molecule has 0 spiro atoms. The van der Waals surface area contributed by atoms with Crippen LogP contribution in [0.4, 0.5) is 0 Å². The minimum Gasteiger partial charge on any atom is -0.468 e. The second-order valence-electron chi connectivity index (χ2n) is 4.88. The van der Waals surface area contributed by atoms with E-state index in [1.165, 1.54) is 0 Å². The predicted octanol–water partition coefficient (Wildman–Crippen LogP) is 1.32. The molecule has 1 aliphatic rings. The fourth-order valence-corrected chi connectivity index (χ4v) is 2.33. The van der Waals surface area contributed by atoms with Gasteiger partial charge in [-0.2, -0.15) is 10.1 Å². The molecule has 0 bridgehead atoms. The molecule has 1 unspecified atom stereocenters. The molecular weight excluding hydrogens is 284 g/mol. The number of hydrogen-bond acceptors (Lipinski definition) is 5. The van der Waals surface area contributed by atoms with E-state index in [2.05, 4.69) is 5.10 Å². The van der Waals surface area contributed by atoms with Crippen LogP contribution in [-0.2, 0) is 9.59 Å². The summed E-state index contributed by atoms with van der Waals surface area (Å²) in [6.07, 6.45) is -0.758. The smallest absolute Gasteiger partial charge is 0.319 e. The normalized spacial score (nSPS) is 16.1. The summed E-state index contributed by atoms with van der Waals surface area (Å²) in [6.45, 7) is 1.05. The van der Waals surface area contributed by atoms with Crippen molar-refractivity contribution in [3.8, 4) is 5.75 Å². The SMILES string of the molecule is CC(Oc1cccc2ccccc12)N1N=C(CO)C(=O)C1=O. The average molecular weight is 298 g/mol. The Labute approximate surface area is 126 Å². The molecule has 22 heavy (non-hydrogen) atoms. The maximum atomic E-state index is 11.8. The van der Waals surface area contributed by atoms with E-state index in [1.54, 1.807) is 13.0 Å². The molecule has 2 aromatic rings. The van der Waals surface area contributed by atoms with Gasteiger partial charge in [0.2, 0.25) is 0 Å². The van der Waals surface area contributed by atoms with Crippen LogP contribution in [0.5, 0.6) is 5.75 Å². The third kappa shape index (κ3) is 2.33. The van der Waals surface area contributed by atoms with Crippen molar-refractivity contribution in [1.82, 2.24) is 5.01 Å². The second kappa shape index (κ2) is 5.57. The first-order valence-electron chi connectivity index (χ1n) is 6.82. The van der Waals surface area contributed by atoms with Crippen LogP contribution in [0.2, 0.25) is 0 Å². The molecule has 6 heteroatoms. The first-order chi connectivity index (χ1) is 10.6. The van der Waals surface area contributed by atoms with Gasteiger partial charge >= 0.3 is 5.91 Å². The summed E-state index contributed by atoms with van der Waals surface area (Å²) in [6, 6.07) is 13.3. The molecule has 0 aromatic heterocycles. The van der Waals surface area contributed by atoms with Crippen LogP contribution in [0.25, 0.3) is 10.8 Å². The van der Waals surface area contributed by atoms with Crippen LogP contribution in [0.15, 0.2) is 47.6 Å². The van der Waals surface area contributed by atoms with Crippen molar-refractivity contribution in [3.05, 3.63) is 42.5 Å². The summed E-state index contributed by atoms with van der Waals surface area (Å²) in [5.41, 5.74) is -0.168. The molecular formula is C16H14N2O4. The second-order valence-corrected chi connectivity index (χ2v) is 4.88. The van der Waals surface area contributed by atoms with Gasteiger partial charge in [0.05, 0.1) is 6.61 Å². The standard InChI is InChI=1S/C16H14N2O4/c1-10(18-16(21)15(20)13(9-19)17-18)22-14-8-4-6-11-5-2-3-7-12(11)14/h2-8,10,19H,9H2,1H3. The van der Waals surface area contributed by atoms with E-state index in [1.807, 2.05) is 36.4 Å². The minimum absolute atomic E-state index is 0.168. The van der Waals surface area contributed by atoms with Crippen molar-refractivity contribution < 1.29 is 19.4 Å². The van der Waals surface area contributed by atoms with Crippen LogP contribution < -0.4 is 4.74 Å². The summed E-state index contributed by atoms with van der Waals surface area (Å²) in [7, 11) is 0. The summed E-state index contributed by atoms with van der Waals surface area (Å²) in [5.74, 6) is -0.994. The molecule has 0 radical (unpaired) electrons. The number of hydrogen-bond donors (Lipinski definition) is 1. The molecule has 1 heterocycles. The van der Waals surface area contributed by atoms with Gasteiger partial charge in [-0.1, -0.05) is 36.4 Å². The van der Waals surface area contributed by atoms with Crippen LogP contribution in [0.1, 0.15) is 6.92 Å². The number of fused-ring (bicyclic) bond motifs is 1. The molecule has 1 atom stereocenters. The van der Waals surface area contributed by atoms with Gasteiger partial charge in [-0.15, -0.1) is 0 Å². The maximum absolute atomic E-state index is 11.8. The number of nitrogens with zero attached hydrogens (tertiary/aromatic N) is 2. The topological polar surface area (TPSA) is 79.2 Å². The lowest BCUT2D eigenvalue weighted by Gasteiger charge is -2.22. The highest BCUT2D eigenvalue weighted by Crippen LogP contribution is 2.27. The Kier molecular flexibility index (Phi) is 3.60. The van der Waals surface area contributed by atoms with E-state index < -0.39 is 24.5 Å². The van der Waals surface area contributed by atoms with Crippen molar-refractivity contribution in [2.24, 2.45) is 5.10 Å². The highest BCUT2D eigenvalue weighted by atomic mass is 16.5. The quantitative estimate of drug-likeness (QED) is 0.864. The molecule has 6 nitrogen and oxygen atoms in total.